The highest BCUT2D eigenvalue weighted by molar-refractivity contribution is 6.77. The standard InChI is InChI=1S/C18H35NO3Si/c1-13(2)23(14(3)4,15(5)6)22-12-16-8-7-11-19-17(20)9-10-18(16,19)21/h13-16,21H,7-12H2,1-6H3/t16-,18+/m0/s1. The van der Waals surface area contributed by atoms with E-state index in [0.717, 1.165) is 12.8 Å². The minimum atomic E-state index is -1.92. The van der Waals surface area contributed by atoms with Gasteiger partial charge in [0.1, 0.15) is 5.72 Å². The summed E-state index contributed by atoms with van der Waals surface area (Å²) < 4.78 is 6.70. The summed E-state index contributed by atoms with van der Waals surface area (Å²) in [7, 11) is -1.92. The van der Waals surface area contributed by atoms with E-state index in [-0.39, 0.29) is 11.8 Å². The molecule has 2 atom stereocenters. The lowest BCUT2D eigenvalue weighted by molar-refractivity contribution is -0.172. The zero-order valence-electron chi connectivity index (χ0n) is 15.8. The van der Waals surface area contributed by atoms with Crippen LogP contribution >= 0.6 is 0 Å². The molecule has 0 bridgehead atoms. The molecule has 2 saturated heterocycles. The first kappa shape index (κ1) is 18.9. The molecule has 1 amide bonds. The summed E-state index contributed by atoms with van der Waals surface area (Å²) in [6.07, 6.45) is 2.98. The molecule has 23 heavy (non-hydrogen) atoms. The quantitative estimate of drug-likeness (QED) is 0.745. The van der Waals surface area contributed by atoms with Crippen molar-refractivity contribution < 1.29 is 14.3 Å². The van der Waals surface area contributed by atoms with Crippen molar-refractivity contribution in [2.45, 2.75) is 89.6 Å². The maximum atomic E-state index is 12.0. The zero-order chi connectivity index (χ0) is 17.4. The summed E-state index contributed by atoms with van der Waals surface area (Å²) in [6, 6.07) is 0. The SMILES string of the molecule is CC(C)[Si](OC[C@@H]1CCCN2C(=O)CC[C@@]12O)(C(C)C)C(C)C. The molecule has 0 aromatic heterocycles. The van der Waals surface area contributed by atoms with Crippen LogP contribution in [0.4, 0.5) is 0 Å². The summed E-state index contributed by atoms with van der Waals surface area (Å²) in [5.74, 6) is 0.170. The van der Waals surface area contributed by atoms with Gasteiger partial charge in [-0.15, -0.1) is 0 Å². The second kappa shape index (κ2) is 6.85. The highest BCUT2D eigenvalue weighted by Gasteiger charge is 2.53. The maximum Gasteiger partial charge on any atom is 0.225 e. The van der Waals surface area contributed by atoms with Crippen molar-refractivity contribution in [3.8, 4) is 0 Å². The Balaban J connectivity index is 2.16. The molecule has 0 spiro atoms. The third kappa shape index (κ3) is 3.12. The van der Waals surface area contributed by atoms with Crippen LogP contribution in [0, 0.1) is 5.92 Å². The average Bonchev–Trinajstić information content (AvgIpc) is 2.75. The molecule has 0 radical (unpaired) electrons. The maximum absolute atomic E-state index is 12.0. The van der Waals surface area contributed by atoms with E-state index in [2.05, 4.69) is 41.5 Å². The second-order valence-corrected chi connectivity index (χ2v) is 13.9. The van der Waals surface area contributed by atoms with E-state index < -0.39 is 14.0 Å². The van der Waals surface area contributed by atoms with Gasteiger partial charge < -0.3 is 14.4 Å². The van der Waals surface area contributed by atoms with E-state index in [0.29, 0.717) is 42.6 Å². The van der Waals surface area contributed by atoms with Crippen molar-refractivity contribution in [3.63, 3.8) is 0 Å². The monoisotopic (exact) mass is 341 g/mol. The number of amides is 1. The minimum Gasteiger partial charge on any atom is -0.416 e. The molecule has 2 rings (SSSR count). The van der Waals surface area contributed by atoms with E-state index >= 15 is 0 Å². The fourth-order valence-corrected chi connectivity index (χ4v) is 10.7. The smallest absolute Gasteiger partial charge is 0.225 e. The lowest BCUT2D eigenvalue weighted by Gasteiger charge is -2.47. The Hall–Kier alpha value is -0.393. The molecule has 2 aliphatic heterocycles. The number of hydrogen-bond donors (Lipinski definition) is 1. The Morgan fingerprint density at radius 2 is 1.78 bits per heavy atom. The normalized spacial score (nSPS) is 29.0. The third-order valence-corrected chi connectivity index (χ3v) is 12.4. The van der Waals surface area contributed by atoms with Crippen molar-refractivity contribution in [2.24, 2.45) is 5.92 Å². The van der Waals surface area contributed by atoms with E-state index in [1.54, 1.807) is 4.90 Å². The van der Waals surface area contributed by atoms with Gasteiger partial charge in [-0.05, 0) is 29.5 Å². The van der Waals surface area contributed by atoms with Crippen LogP contribution < -0.4 is 0 Å². The van der Waals surface area contributed by atoms with Crippen LogP contribution in [0.25, 0.3) is 0 Å². The van der Waals surface area contributed by atoms with Crippen LogP contribution in [0.2, 0.25) is 16.6 Å². The molecule has 0 unspecified atom stereocenters. The largest absolute Gasteiger partial charge is 0.416 e. The van der Waals surface area contributed by atoms with E-state index in [9.17, 15) is 9.90 Å². The molecule has 5 heteroatoms. The van der Waals surface area contributed by atoms with Gasteiger partial charge in [0.25, 0.3) is 0 Å². The molecule has 2 heterocycles. The van der Waals surface area contributed by atoms with E-state index in [4.69, 9.17) is 4.43 Å². The van der Waals surface area contributed by atoms with Gasteiger partial charge in [-0.3, -0.25) is 4.79 Å². The van der Waals surface area contributed by atoms with Crippen LogP contribution in [0.3, 0.4) is 0 Å². The molecule has 2 fully saturated rings. The van der Waals surface area contributed by atoms with Crippen LogP contribution in [-0.2, 0) is 9.22 Å². The summed E-state index contributed by atoms with van der Waals surface area (Å²) >= 11 is 0. The number of nitrogens with zero attached hydrogens (tertiary/aromatic N) is 1. The Morgan fingerprint density at radius 1 is 1.22 bits per heavy atom. The number of carbonyl (C=O) groups excluding carboxylic acids is 1. The second-order valence-electron chi connectivity index (χ2n) is 8.39. The van der Waals surface area contributed by atoms with Crippen molar-refractivity contribution in [1.82, 2.24) is 4.90 Å². The number of fused-ring (bicyclic) bond motifs is 1. The molecule has 4 nitrogen and oxygen atoms in total. The fourth-order valence-electron chi connectivity index (χ4n) is 5.21. The molecule has 0 saturated carbocycles. The summed E-state index contributed by atoms with van der Waals surface area (Å²) in [5, 5.41) is 11.1. The summed E-state index contributed by atoms with van der Waals surface area (Å²) in [4.78, 5) is 13.7. The first-order valence-electron chi connectivity index (χ1n) is 9.33. The molecule has 0 aliphatic carbocycles. The van der Waals surface area contributed by atoms with Crippen molar-refractivity contribution in [3.05, 3.63) is 0 Å². The number of piperidine rings is 1. The molecular formula is C18H35NO3Si. The Kier molecular flexibility index (Phi) is 5.64. The molecule has 2 aliphatic rings. The fraction of sp³-hybridized carbons (Fsp3) is 0.944. The Labute approximate surface area is 142 Å². The van der Waals surface area contributed by atoms with Crippen LogP contribution in [-0.4, -0.2) is 43.1 Å². The van der Waals surface area contributed by atoms with Gasteiger partial charge in [0.15, 0.2) is 8.32 Å². The van der Waals surface area contributed by atoms with Crippen LogP contribution in [0.1, 0.15) is 67.2 Å². The van der Waals surface area contributed by atoms with Crippen LogP contribution in [0.15, 0.2) is 0 Å². The van der Waals surface area contributed by atoms with Gasteiger partial charge in [-0.25, -0.2) is 0 Å². The Morgan fingerprint density at radius 3 is 2.30 bits per heavy atom. The first-order valence-corrected chi connectivity index (χ1v) is 11.5. The number of rotatable bonds is 6. The third-order valence-electron chi connectivity index (χ3n) is 6.31. The summed E-state index contributed by atoms with van der Waals surface area (Å²) in [6.45, 7) is 15.0. The topological polar surface area (TPSA) is 49.8 Å². The predicted octanol–water partition coefficient (Wildman–Crippen LogP) is 3.90. The number of hydrogen-bond acceptors (Lipinski definition) is 3. The minimum absolute atomic E-state index is 0.0609. The van der Waals surface area contributed by atoms with E-state index in [1.165, 1.54) is 0 Å². The lowest BCUT2D eigenvalue weighted by atomic mass is 9.86. The highest BCUT2D eigenvalue weighted by Crippen LogP contribution is 2.45. The predicted molar refractivity (Wildman–Crippen MR) is 95.6 cm³/mol. The van der Waals surface area contributed by atoms with Gasteiger partial charge in [-0.2, -0.15) is 0 Å². The van der Waals surface area contributed by atoms with Crippen molar-refractivity contribution in [2.75, 3.05) is 13.2 Å². The van der Waals surface area contributed by atoms with Crippen molar-refractivity contribution in [1.29, 1.82) is 0 Å². The number of aliphatic hydroxyl groups is 1. The lowest BCUT2D eigenvalue weighted by Crippen LogP contribution is -2.57. The van der Waals surface area contributed by atoms with Crippen LogP contribution in [0.5, 0.6) is 0 Å². The molecular weight excluding hydrogens is 306 g/mol. The van der Waals surface area contributed by atoms with Gasteiger partial charge in [0.05, 0.1) is 0 Å². The van der Waals surface area contributed by atoms with Crippen molar-refractivity contribution >= 4 is 14.2 Å². The number of carbonyl (C=O) groups is 1. The highest BCUT2D eigenvalue weighted by atomic mass is 28.4. The van der Waals surface area contributed by atoms with Gasteiger partial charge >= 0.3 is 0 Å². The average molecular weight is 342 g/mol. The zero-order valence-corrected chi connectivity index (χ0v) is 16.8. The van der Waals surface area contributed by atoms with E-state index in [1.807, 2.05) is 0 Å². The first-order chi connectivity index (χ1) is 10.7. The summed E-state index contributed by atoms with van der Waals surface area (Å²) in [5.41, 5.74) is 0.673. The molecule has 0 aromatic carbocycles. The van der Waals surface area contributed by atoms with Gasteiger partial charge in [0.2, 0.25) is 5.91 Å². The van der Waals surface area contributed by atoms with Gasteiger partial charge in [-0.1, -0.05) is 41.5 Å². The molecule has 134 valence electrons. The molecule has 1 N–H and O–H groups in total. The Bertz CT molecular complexity index is 416. The molecule has 0 aromatic rings. The van der Waals surface area contributed by atoms with Gasteiger partial charge in [0, 0.05) is 31.9 Å².